The van der Waals surface area contributed by atoms with Crippen molar-refractivity contribution >= 4 is 42.7 Å². The number of imide groups is 1. The Morgan fingerprint density at radius 2 is 1.93 bits per heavy atom. The highest BCUT2D eigenvalue weighted by molar-refractivity contribution is 6.47. The van der Waals surface area contributed by atoms with Gasteiger partial charge in [0, 0.05) is 32.1 Å². The molecule has 0 bridgehead atoms. The van der Waals surface area contributed by atoms with Gasteiger partial charge in [-0.25, -0.2) is 9.59 Å². The van der Waals surface area contributed by atoms with Crippen LogP contribution < -0.4 is 21.0 Å². The fourth-order valence-corrected chi connectivity index (χ4v) is 5.27. The number of primary amides is 1. The number of urea groups is 1. The molecule has 40 heavy (non-hydrogen) atoms. The lowest BCUT2D eigenvalue weighted by atomic mass is 9.72. The number of likely N-dealkylation sites (N-methyl/N-ethyl adjacent to an activating group) is 1. The second kappa shape index (κ2) is 11.9. The van der Waals surface area contributed by atoms with Crippen LogP contribution in [0, 0.1) is 5.92 Å². The van der Waals surface area contributed by atoms with Crippen LogP contribution in [0.3, 0.4) is 0 Å². The van der Waals surface area contributed by atoms with Crippen molar-refractivity contribution in [1.29, 1.82) is 0 Å². The summed E-state index contributed by atoms with van der Waals surface area (Å²) in [6.07, 6.45) is 0.463. The molecule has 6 amide bonds. The molecule has 1 aromatic carbocycles. The number of hydrogen-bond acceptors (Lipinski definition) is 9. The number of carbonyl (C=O) groups excluding carboxylic acids is 5. The lowest BCUT2D eigenvalue weighted by Gasteiger charge is -2.34. The van der Waals surface area contributed by atoms with E-state index in [4.69, 9.17) is 10.4 Å². The number of piperazine rings is 1. The third-order valence-electron chi connectivity index (χ3n) is 7.33. The van der Waals surface area contributed by atoms with Crippen LogP contribution >= 0.6 is 0 Å². The van der Waals surface area contributed by atoms with Gasteiger partial charge < -0.3 is 36.1 Å². The molecule has 214 valence electrons. The summed E-state index contributed by atoms with van der Waals surface area (Å²) in [5.41, 5.74) is 5.63. The molecule has 16 heteroatoms. The predicted molar refractivity (Wildman–Crippen MR) is 138 cm³/mol. The Kier molecular flexibility index (Phi) is 8.59. The van der Waals surface area contributed by atoms with Gasteiger partial charge in [0.2, 0.25) is 11.8 Å². The molecule has 2 fully saturated rings. The van der Waals surface area contributed by atoms with Crippen LogP contribution in [0.5, 0.6) is 5.75 Å². The summed E-state index contributed by atoms with van der Waals surface area (Å²) >= 11 is 0. The first kappa shape index (κ1) is 28.8. The van der Waals surface area contributed by atoms with Crippen molar-refractivity contribution in [2.24, 2.45) is 11.7 Å². The number of nitrogens with one attached hydrogen (secondary N) is 2. The number of rotatable bonds is 8. The predicted octanol–water partition coefficient (Wildman–Crippen LogP) is -2.60. The maximum Gasteiger partial charge on any atom is 0.547 e. The van der Waals surface area contributed by atoms with Crippen molar-refractivity contribution in [3.05, 3.63) is 29.3 Å². The summed E-state index contributed by atoms with van der Waals surface area (Å²) in [5, 5.41) is 25.2. The number of likely N-dealkylation sites (tertiary alicyclic amines) is 1. The summed E-state index contributed by atoms with van der Waals surface area (Å²) in [6.45, 7) is 2.77. The van der Waals surface area contributed by atoms with Gasteiger partial charge in [0.25, 0.3) is 0 Å². The molecule has 0 radical (unpaired) electrons. The number of nitrogens with two attached hydrogens (primary N) is 1. The van der Waals surface area contributed by atoms with Crippen molar-refractivity contribution in [3.8, 4) is 5.75 Å². The average molecular weight is 558 g/mol. The summed E-state index contributed by atoms with van der Waals surface area (Å²) in [7, 11) is -1.58. The van der Waals surface area contributed by atoms with Gasteiger partial charge in [0.15, 0.2) is 0 Å². The maximum absolute atomic E-state index is 13.5. The molecule has 15 nitrogen and oxygen atoms in total. The molecule has 0 aliphatic carbocycles. The van der Waals surface area contributed by atoms with E-state index < -0.39 is 60.6 Å². The van der Waals surface area contributed by atoms with E-state index in [1.54, 1.807) is 17.9 Å². The molecule has 1 aromatic rings. The fourth-order valence-electron chi connectivity index (χ4n) is 5.27. The Labute approximate surface area is 229 Å². The van der Waals surface area contributed by atoms with E-state index in [0.29, 0.717) is 25.1 Å². The number of fused-ring (bicyclic) bond motifs is 1. The van der Waals surface area contributed by atoms with E-state index in [1.165, 1.54) is 17.0 Å². The molecular weight excluding hydrogens is 527 g/mol. The molecule has 2 saturated heterocycles. The van der Waals surface area contributed by atoms with Gasteiger partial charge in [-0.2, -0.15) is 0 Å². The van der Waals surface area contributed by atoms with Crippen molar-refractivity contribution in [2.45, 2.75) is 31.7 Å². The molecule has 0 saturated carbocycles. The Hall–Kier alpha value is -4.18. The lowest BCUT2D eigenvalue weighted by Crippen LogP contribution is -2.63. The molecule has 3 atom stereocenters. The molecule has 0 aromatic heterocycles. The molecule has 2 unspecified atom stereocenters. The zero-order valence-corrected chi connectivity index (χ0v) is 21.9. The van der Waals surface area contributed by atoms with E-state index >= 15 is 0 Å². The monoisotopic (exact) mass is 558 g/mol. The van der Waals surface area contributed by atoms with Crippen LogP contribution in [-0.2, 0) is 25.6 Å². The van der Waals surface area contributed by atoms with Crippen molar-refractivity contribution in [2.75, 3.05) is 39.3 Å². The van der Waals surface area contributed by atoms with E-state index in [0.717, 1.165) is 4.90 Å². The standard InChI is InChI=1S/C24H31BN6O9/c1-2-30-8-9-31(22(35)21(30)34)24(38)28-18(14-6-7-29(11-14)12-17(26)32)20(33)27-16-10-13-4-3-5-15(23(36)37)19(13)40-25(16)39/h3-5,14,16,18,39H,2,6-12H2,1H3,(H2,26,32)(H,27,33)(H,28,38)(H,36,37)/t14?,16-,18?/m0/s1. The lowest BCUT2D eigenvalue weighted by molar-refractivity contribution is -0.153. The Morgan fingerprint density at radius 3 is 2.60 bits per heavy atom. The minimum Gasteiger partial charge on any atom is -0.534 e. The number of carbonyl (C=O) groups is 6. The largest absolute Gasteiger partial charge is 0.547 e. The number of carboxylic acids is 1. The van der Waals surface area contributed by atoms with Gasteiger partial charge >= 0.3 is 30.9 Å². The molecule has 4 rings (SSSR count). The van der Waals surface area contributed by atoms with Gasteiger partial charge in [-0.3, -0.25) is 29.0 Å². The molecule has 3 aliphatic rings. The minimum absolute atomic E-state index is 0.00476. The normalized spacial score (nSPS) is 21.9. The summed E-state index contributed by atoms with van der Waals surface area (Å²) in [6, 6.07) is 2.36. The Bertz CT molecular complexity index is 1230. The highest BCUT2D eigenvalue weighted by Gasteiger charge is 2.43. The van der Waals surface area contributed by atoms with Crippen molar-refractivity contribution in [1.82, 2.24) is 25.3 Å². The van der Waals surface area contributed by atoms with E-state index in [9.17, 15) is 38.9 Å². The average Bonchev–Trinajstić information content (AvgIpc) is 3.35. The highest BCUT2D eigenvalue weighted by atomic mass is 16.5. The smallest absolute Gasteiger partial charge is 0.534 e. The number of carboxylic acid groups (broad SMARTS) is 1. The number of hydrogen-bond donors (Lipinski definition) is 5. The third kappa shape index (κ3) is 6.02. The van der Waals surface area contributed by atoms with Gasteiger partial charge in [-0.05, 0) is 37.9 Å². The van der Waals surface area contributed by atoms with Gasteiger partial charge in [-0.15, -0.1) is 0 Å². The fraction of sp³-hybridized carbons (Fsp3) is 0.500. The van der Waals surface area contributed by atoms with Crippen LogP contribution in [0.1, 0.15) is 29.3 Å². The first-order chi connectivity index (χ1) is 19.0. The van der Waals surface area contributed by atoms with Crippen molar-refractivity contribution < 1.29 is 43.6 Å². The topological polar surface area (TPSA) is 212 Å². The number of nitrogens with zero attached hydrogens (tertiary/aromatic N) is 3. The minimum atomic E-state index is -1.58. The maximum atomic E-state index is 13.5. The zero-order chi connectivity index (χ0) is 29.1. The summed E-state index contributed by atoms with van der Waals surface area (Å²) in [4.78, 5) is 78.3. The second-order valence-corrected chi connectivity index (χ2v) is 9.95. The van der Waals surface area contributed by atoms with E-state index in [2.05, 4.69) is 10.6 Å². The van der Waals surface area contributed by atoms with Crippen LogP contribution in [0.4, 0.5) is 4.79 Å². The second-order valence-electron chi connectivity index (χ2n) is 9.95. The number of para-hydroxylation sites is 1. The zero-order valence-electron chi connectivity index (χ0n) is 21.9. The van der Waals surface area contributed by atoms with Crippen LogP contribution in [0.25, 0.3) is 0 Å². The number of benzene rings is 1. The van der Waals surface area contributed by atoms with Crippen LogP contribution in [0.2, 0.25) is 0 Å². The molecular formula is C24H31BN6O9. The van der Waals surface area contributed by atoms with E-state index in [1.807, 2.05) is 0 Å². The number of aromatic carboxylic acids is 1. The Morgan fingerprint density at radius 1 is 1.18 bits per heavy atom. The molecule has 3 aliphatic heterocycles. The van der Waals surface area contributed by atoms with E-state index in [-0.39, 0.29) is 43.9 Å². The summed E-state index contributed by atoms with van der Waals surface area (Å²) in [5.74, 6) is -5.76. The van der Waals surface area contributed by atoms with Crippen molar-refractivity contribution in [3.63, 3.8) is 0 Å². The first-order valence-electron chi connectivity index (χ1n) is 12.9. The Balaban J connectivity index is 1.51. The first-order valence-corrected chi connectivity index (χ1v) is 12.9. The molecule has 6 N–H and O–H groups in total. The molecule has 0 spiro atoms. The van der Waals surface area contributed by atoms with Gasteiger partial charge in [0.05, 0.1) is 18.0 Å². The van der Waals surface area contributed by atoms with Crippen LogP contribution in [0.15, 0.2) is 18.2 Å². The van der Waals surface area contributed by atoms with Crippen LogP contribution in [-0.4, -0.2) is 119 Å². The third-order valence-corrected chi connectivity index (χ3v) is 7.33. The number of amides is 6. The SMILES string of the molecule is CCN1CCN(C(=O)NC(C(=O)N[C@H]2Cc3cccc(C(=O)O)c3OB2O)C2CCN(CC(N)=O)C2)C(=O)C1=O. The van der Waals surface area contributed by atoms with Gasteiger partial charge in [0.1, 0.15) is 11.8 Å². The molecule has 3 heterocycles. The quantitative estimate of drug-likeness (QED) is 0.166. The summed E-state index contributed by atoms with van der Waals surface area (Å²) < 4.78 is 5.44. The highest BCUT2D eigenvalue weighted by Crippen LogP contribution is 2.30. The van der Waals surface area contributed by atoms with Gasteiger partial charge in [-0.1, -0.05) is 12.1 Å².